The Balaban J connectivity index is 2.35. The van der Waals surface area contributed by atoms with Gasteiger partial charge in [0.15, 0.2) is 0 Å². The lowest BCUT2D eigenvalue weighted by Gasteiger charge is -2.19. The fourth-order valence-electron chi connectivity index (χ4n) is 2.40. The van der Waals surface area contributed by atoms with Gasteiger partial charge in [0.05, 0.1) is 20.1 Å². The summed E-state index contributed by atoms with van der Waals surface area (Å²) in [6, 6.07) is 5.84. The summed E-state index contributed by atoms with van der Waals surface area (Å²) >= 11 is 3.45. The van der Waals surface area contributed by atoms with Crippen LogP contribution >= 0.6 is 15.9 Å². The molecule has 4 nitrogen and oxygen atoms in total. The molecule has 1 saturated heterocycles. The number of hydrogen-bond acceptors (Lipinski definition) is 4. The molecule has 1 aliphatic heterocycles. The summed E-state index contributed by atoms with van der Waals surface area (Å²) in [4.78, 5) is 11.8. The lowest BCUT2D eigenvalue weighted by atomic mass is 9.88. The summed E-state index contributed by atoms with van der Waals surface area (Å²) < 4.78 is 11.2. The van der Waals surface area contributed by atoms with Crippen LogP contribution in [0.5, 0.6) is 5.75 Å². The van der Waals surface area contributed by atoms with E-state index in [1.54, 1.807) is 7.11 Å². The summed E-state index contributed by atoms with van der Waals surface area (Å²) in [5.41, 5.74) is 1.03. The van der Waals surface area contributed by atoms with E-state index in [9.17, 15) is 4.79 Å². The van der Waals surface area contributed by atoms with E-state index in [-0.39, 0.29) is 17.8 Å². The monoisotopic (exact) mass is 313 g/mol. The maximum Gasteiger partial charge on any atom is 0.310 e. The highest BCUT2D eigenvalue weighted by Crippen LogP contribution is 2.36. The van der Waals surface area contributed by atoms with E-state index in [1.807, 2.05) is 18.2 Å². The van der Waals surface area contributed by atoms with Crippen molar-refractivity contribution in [3.63, 3.8) is 0 Å². The summed E-state index contributed by atoms with van der Waals surface area (Å²) in [6.45, 7) is 1.40. The first-order chi connectivity index (χ1) is 8.67. The zero-order valence-electron chi connectivity index (χ0n) is 10.4. The molecule has 0 bridgehead atoms. The Kier molecular flexibility index (Phi) is 4.24. The zero-order valence-corrected chi connectivity index (χ0v) is 12.0. The molecule has 2 rings (SSSR count). The summed E-state index contributed by atoms with van der Waals surface area (Å²) in [6.07, 6.45) is 0. The first-order valence-corrected chi connectivity index (χ1v) is 6.58. The van der Waals surface area contributed by atoms with Crippen LogP contribution in [0.1, 0.15) is 11.5 Å². The number of halogens is 1. The molecule has 2 unspecified atom stereocenters. The lowest BCUT2D eigenvalue weighted by molar-refractivity contribution is -0.145. The summed E-state index contributed by atoms with van der Waals surface area (Å²) in [7, 11) is 3.07. The standard InChI is InChI=1S/C13H16BrNO3/c1-17-12-4-3-8(14)5-9(12)10-6-15-7-11(10)13(16)18-2/h3-5,10-11,15H,6-7H2,1-2H3. The zero-order chi connectivity index (χ0) is 13.1. The molecular weight excluding hydrogens is 298 g/mol. The molecule has 2 atom stereocenters. The lowest BCUT2D eigenvalue weighted by Crippen LogP contribution is -2.23. The van der Waals surface area contributed by atoms with Crippen molar-refractivity contribution in [2.24, 2.45) is 5.92 Å². The topological polar surface area (TPSA) is 47.6 Å². The molecule has 0 saturated carbocycles. The van der Waals surface area contributed by atoms with Gasteiger partial charge in [-0.05, 0) is 18.2 Å². The van der Waals surface area contributed by atoms with Crippen molar-refractivity contribution >= 4 is 21.9 Å². The molecular formula is C13H16BrNO3. The fourth-order valence-corrected chi connectivity index (χ4v) is 2.78. The largest absolute Gasteiger partial charge is 0.496 e. The predicted molar refractivity (Wildman–Crippen MR) is 71.8 cm³/mol. The quantitative estimate of drug-likeness (QED) is 0.866. The number of methoxy groups -OCH3 is 2. The molecule has 18 heavy (non-hydrogen) atoms. The Morgan fingerprint density at radius 2 is 2.17 bits per heavy atom. The van der Waals surface area contributed by atoms with Crippen molar-refractivity contribution in [1.82, 2.24) is 5.32 Å². The molecule has 1 aromatic carbocycles. The van der Waals surface area contributed by atoms with E-state index >= 15 is 0 Å². The average Bonchev–Trinajstić information content (AvgIpc) is 2.86. The van der Waals surface area contributed by atoms with E-state index in [0.717, 1.165) is 22.3 Å². The van der Waals surface area contributed by atoms with Gasteiger partial charge >= 0.3 is 5.97 Å². The third kappa shape index (κ3) is 2.52. The summed E-state index contributed by atoms with van der Waals surface area (Å²) in [5, 5.41) is 3.24. The van der Waals surface area contributed by atoms with E-state index in [1.165, 1.54) is 7.11 Å². The van der Waals surface area contributed by atoms with Crippen molar-refractivity contribution in [1.29, 1.82) is 0 Å². The normalized spacial score (nSPS) is 22.8. The van der Waals surface area contributed by atoms with Crippen molar-refractivity contribution in [3.05, 3.63) is 28.2 Å². The maximum absolute atomic E-state index is 11.8. The van der Waals surface area contributed by atoms with Gasteiger partial charge in [-0.3, -0.25) is 4.79 Å². The number of rotatable bonds is 3. The van der Waals surface area contributed by atoms with Gasteiger partial charge in [0.1, 0.15) is 5.75 Å². The van der Waals surface area contributed by atoms with Gasteiger partial charge in [-0.15, -0.1) is 0 Å². The van der Waals surface area contributed by atoms with Gasteiger partial charge in [-0.2, -0.15) is 0 Å². The molecule has 1 heterocycles. The Morgan fingerprint density at radius 1 is 1.39 bits per heavy atom. The summed E-state index contributed by atoms with van der Waals surface area (Å²) in [5.74, 6) is 0.566. The maximum atomic E-state index is 11.8. The highest BCUT2D eigenvalue weighted by Gasteiger charge is 2.36. The number of hydrogen-bond donors (Lipinski definition) is 1. The van der Waals surface area contributed by atoms with Crippen LogP contribution in [0.3, 0.4) is 0 Å². The Hall–Kier alpha value is -1.07. The smallest absolute Gasteiger partial charge is 0.310 e. The van der Waals surface area contributed by atoms with E-state index in [4.69, 9.17) is 9.47 Å². The number of carbonyl (C=O) groups excluding carboxylic acids is 1. The first-order valence-electron chi connectivity index (χ1n) is 5.79. The van der Waals surface area contributed by atoms with Crippen LogP contribution < -0.4 is 10.1 Å². The van der Waals surface area contributed by atoms with Crippen LogP contribution in [0.4, 0.5) is 0 Å². The van der Waals surface area contributed by atoms with E-state index < -0.39 is 0 Å². The number of nitrogens with one attached hydrogen (secondary N) is 1. The van der Waals surface area contributed by atoms with Crippen LogP contribution in [0.25, 0.3) is 0 Å². The van der Waals surface area contributed by atoms with Gasteiger partial charge in [0, 0.05) is 29.0 Å². The predicted octanol–water partition coefficient (Wildman–Crippen LogP) is 1.93. The molecule has 5 heteroatoms. The molecule has 98 valence electrons. The second-order valence-electron chi connectivity index (χ2n) is 4.28. The van der Waals surface area contributed by atoms with E-state index in [2.05, 4.69) is 21.2 Å². The van der Waals surface area contributed by atoms with Crippen LogP contribution in [0.15, 0.2) is 22.7 Å². The molecule has 1 fully saturated rings. The van der Waals surface area contributed by atoms with Crippen LogP contribution in [-0.2, 0) is 9.53 Å². The molecule has 0 amide bonds. The number of esters is 1. The molecule has 1 N–H and O–H groups in total. The molecule has 0 spiro atoms. The van der Waals surface area contributed by atoms with Gasteiger partial charge < -0.3 is 14.8 Å². The fraction of sp³-hybridized carbons (Fsp3) is 0.462. The van der Waals surface area contributed by atoms with Crippen molar-refractivity contribution < 1.29 is 14.3 Å². The highest BCUT2D eigenvalue weighted by molar-refractivity contribution is 9.10. The minimum atomic E-state index is -0.174. The van der Waals surface area contributed by atoms with Crippen LogP contribution in [0, 0.1) is 5.92 Å². The van der Waals surface area contributed by atoms with Gasteiger partial charge in [-0.1, -0.05) is 15.9 Å². The average molecular weight is 314 g/mol. The Morgan fingerprint density at radius 3 is 2.83 bits per heavy atom. The minimum absolute atomic E-state index is 0.0879. The Bertz CT molecular complexity index is 450. The highest BCUT2D eigenvalue weighted by atomic mass is 79.9. The van der Waals surface area contributed by atoms with Gasteiger partial charge in [0.25, 0.3) is 0 Å². The number of ether oxygens (including phenoxy) is 2. The third-order valence-corrected chi connectivity index (χ3v) is 3.80. The van der Waals surface area contributed by atoms with Gasteiger partial charge in [0.2, 0.25) is 0 Å². The third-order valence-electron chi connectivity index (χ3n) is 3.31. The van der Waals surface area contributed by atoms with Crippen molar-refractivity contribution in [2.45, 2.75) is 5.92 Å². The molecule has 0 radical (unpaired) electrons. The van der Waals surface area contributed by atoms with Gasteiger partial charge in [-0.25, -0.2) is 0 Å². The second kappa shape index (κ2) is 5.71. The molecule has 1 aromatic rings. The van der Waals surface area contributed by atoms with Crippen molar-refractivity contribution in [3.8, 4) is 5.75 Å². The molecule has 0 aromatic heterocycles. The second-order valence-corrected chi connectivity index (χ2v) is 5.20. The number of carbonyl (C=O) groups is 1. The van der Waals surface area contributed by atoms with Crippen LogP contribution in [0.2, 0.25) is 0 Å². The van der Waals surface area contributed by atoms with Crippen LogP contribution in [-0.4, -0.2) is 33.3 Å². The first kappa shape index (κ1) is 13.4. The molecule has 0 aliphatic carbocycles. The number of benzene rings is 1. The van der Waals surface area contributed by atoms with Crippen molar-refractivity contribution in [2.75, 3.05) is 27.3 Å². The minimum Gasteiger partial charge on any atom is -0.496 e. The van der Waals surface area contributed by atoms with E-state index in [0.29, 0.717) is 6.54 Å². The SMILES string of the molecule is COC(=O)C1CNCC1c1cc(Br)ccc1OC. The molecule has 1 aliphatic rings. The Labute approximate surface area is 115 Å².